The highest BCUT2D eigenvalue weighted by atomic mass is 16.5. The summed E-state index contributed by atoms with van der Waals surface area (Å²) in [7, 11) is 2.12. The van der Waals surface area contributed by atoms with E-state index >= 15 is 0 Å². The molecule has 0 spiro atoms. The van der Waals surface area contributed by atoms with Crippen molar-refractivity contribution in [3.05, 3.63) is 33.7 Å². The van der Waals surface area contributed by atoms with E-state index in [2.05, 4.69) is 26.4 Å². The van der Waals surface area contributed by atoms with E-state index < -0.39 is 5.97 Å². The van der Waals surface area contributed by atoms with Gasteiger partial charge in [0.1, 0.15) is 11.4 Å². The lowest BCUT2D eigenvalue weighted by molar-refractivity contribution is 0.0524. The molecule has 0 amide bonds. The van der Waals surface area contributed by atoms with Gasteiger partial charge < -0.3 is 19.1 Å². The fraction of sp³-hybridized carbons (Fsp3) is 0.550. The Balaban J connectivity index is 1.87. The number of carbonyl (C=O) groups excluding carboxylic acids is 1. The molecular weight excluding hydrogens is 344 g/mol. The maximum Gasteiger partial charge on any atom is 0.343 e. The molecule has 1 saturated carbocycles. The molecule has 4 rings (SSSR count). The molecule has 2 fully saturated rings. The van der Waals surface area contributed by atoms with Gasteiger partial charge in [0, 0.05) is 50.2 Å². The van der Waals surface area contributed by atoms with Crippen LogP contribution < -0.4 is 10.3 Å². The number of anilines is 1. The molecule has 7 heteroatoms. The summed E-state index contributed by atoms with van der Waals surface area (Å²) in [5, 5.41) is 0.503. The lowest BCUT2D eigenvalue weighted by Gasteiger charge is -2.34. The van der Waals surface area contributed by atoms with E-state index in [4.69, 9.17) is 4.74 Å². The Bertz CT molecular complexity index is 940. The zero-order valence-electron chi connectivity index (χ0n) is 16.2. The molecule has 2 aliphatic rings. The first-order valence-electron chi connectivity index (χ1n) is 9.66. The number of ether oxygens (including phenoxy) is 1. The van der Waals surface area contributed by atoms with Crippen LogP contribution in [-0.2, 0) is 4.74 Å². The van der Waals surface area contributed by atoms with Gasteiger partial charge in [-0.25, -0.2) is 9.78 Å². The Morgan fingerprint density at radius 3 is 2.59 bits per heavy atom. The van der Waals surface area contributed by atoms with Crippen molar-refractivity contribution in [2.45, 2.75) is 32.7 Å². The van der Waals surface area contributed by atoms with E-state index in [1.165, 1.54) is 0 Å². The number of rotatable bonds is 4. The number of aryl methyl sites for hydroxylation is 1. The second-order valence-corrected chi connectivity index (χ2v) is 7.49. The van der Waals surface area contributed by atoms with Gasteiger partial charge in [-0.1, -0.05) is 0 Å². The average molecular weight is 370 g/mol. The van der Waals surface area contributed by atoms with Crippen LogP contribution in [0.25, 0.3) is 10.9 Å². The standard InChI is InChI=1S/C20H26N4O3/c1-4-27-20(26)16-12-24(14-5-6-14)17-13(2)19(21-11-15(17)18(16)25)23-9-7-22(3)8-10-23/h11-12,14H,4-10H2,1-3H3. The normalized spacial score (nSPS) is 18.1. The highest BCUT2D eigenvalue weighted by Crippen LogP contribution is 2.38. The number of hydrogen-bond donors (Lipinski definition) is 0. The summed E-state index contributed by atoms with van der Waals surface area (Å²) in [6.45, 7) is 7.86. The molecule has 0 radical (unpaired) electrons. The van der Waals surface area contributed by atoms with Crippen LogP contribution in [0.1, 0.15) is 41.7 Å². The summed E-state index contributed by atoms with van der Waals surface area (Å²) in [5.41, 5.74) is 1.72. The SMILES string of the molecule is CCOC(=O)c1cn(C2CC2)c2c(C)c(N3CCN(C)CC3)ncc2c1=O. The summed E-state index contributed by atoms with van der Waals surface area (Å²) in [5.74, 6) is 0.382. The van der Waals surface area contributed by atoms with Crippen LogP contribution >= 0.6 is 0 Å². The van der Waals surface area contributed by atoms with Gasteiger partial charge in [0.2, 0.25) is 5.43 Å². The van der Waals surface area contributed by atoms with Gasteiger partial charge in [0.05, 0.1) is 17.5 Å². The quantitative estimate of drug-likeness (QED) is 0.767. The fourth-order valence-electron chi connectivity index (χ4n) is 3.83. The minimum Gasteiger partial charge on any atom is -0.462 e. The number of carbonyl (C=O) groups is 1. The zero-order chi connectivity index (χ0) is 19.1. The van der Waals surface area contributed by atoms with E-state index in [0.717, 1.165) is 55.9 Å². The highest BCUT2D eigenvalue weighted by Gasteiger charge is 2.29. The van der Waals surface area contributed by atoms with Gasteiger partial charge in [0.15, 0.2) is 0 Å². The zero-order valence-corrected chi connectivity index (χ0v) is 16.2. The lowest BCUT2D eigenvalue weighted by atomic mass is 10.1. The van der Waals surface area contributed by atoms with Crippen LogP contribution in [0.3, 0.4) is 0 Å². The van der Waals surface area contributed by atoms with Gasteiger partial charge in [-0.3, -0.25) is 4.79 Å². The largest absolute Gasteiger partial charge is 0.462 e. The van der Waals surface area contributed by atoms with E-state index in [1.807, 2.05) is 6.92 Å². The molecule has 0 unspecified atom stereocenters. The van der Waals surface area contributed by atoms with E-state index in [9.17, 15) is 9.59 Å². The number of fused-ring (bicyclic) bond motifs is 1. The molecule has 0 aromatic carbocycles. The molecule has 144 valence electrons. The third kappa shape index (κ3) is 3.20. The van der Waals surface area contributed by atoms with Crippen LogP contribution in [-0.4, -0.2) is 60.3 Å². The Hall–Kier alpha value is -2.41. The number of aromatic nitrogens is 2. The summed E-state index contributed by atoms with van der Waals surface area (Å²) in [6.07, 6.45) is 5.46. The van der Waals surface area contributed by atoms with Gasteiger partial charge in [-0.15, -0.1) is 0 Å². The lowest BCUT2D eigenvalue weighted by Crippen LogP contribution is -2.45. The molecule has 1 aliphatic heterocycles. The summed E-state index contributed by atoms with van der Waals surface area (Å²) >= 11 is 0. The minimum absolute atomic E-state index is 0.102. The van der Waals surface area contributed by atoms with Crippen molar-refractivity contribution in [3.8, 4) is 0 Å². The van der Waals surface area contributed by atoms with E-state index in [1.54, 1.807) is 19.3 Å². The van der Waals surface area contributed by atoms with Gasteiger partial charge in [-0.05, 0) is 33.7 Å². The summed E-state index contributed by atoms with van der Waals surface area (Å²) < 4.78 is 7.18. The Morgan fingerprint density at radius 2 is 1.96 bits per heavy atom. The number of likely N-dealkylation sites (N-methyl/N-ethyl adjacent to an activating group) is 1. The number of esters is 1. The van der Waals surface area contributed by atoms with Crippen molar-refractivity contribution in [1.29, 1.82) is 0 Å². The predicted molar refractivity (Wildman–Crippen MR) is 105 cm³/mol. The molecule has 0 atom stereocenters. The number of piperazine rings is 1. The van der Waals surface area contributed by atoms with Crippen LogP contribution in [0.5, 0.6) is 0 Å². The Kier molecular flexibility index (Phi) is 4.63. The molecular formula is C20H26N4O3. The molecule has 2 aromatic rings. The molecule has 3 heterocycles. The highest BCUT2D eigenvalue weighted by molar-refractivity contribution is 5.95. The first-order valence-corrected chi connectivity index (χ1v) is 9.66. The monoisotopic (exact) mass is 370 g/mol. The third-order valence-corrected chi connectivity index (χ3v) is 5.52. The van der Waals surface area contributed by atoms with Crippen molar-refractivity contribution >= 4 is 22.7 Å². The molecule has 7 nitrogen and oxygen atoms in total. The Morgan fingerprint density at radius 1 is 1.26 bits per heavy atom. The van der Waals surface area contributed by atoms with Crippen LogP contribution in [0.4, 0.5) is 5.82 Å². The van der Waals surface area contributed by atoms with E-state index in [0.29, 0.717) is 11.4 Å². The van der Waals surface area contributed by atoms with Crippen LogP contribution in [0.15, 0.2) is 17.2 Å². The van der Waals surface area contributed by atoms with Crippen molar-refractivity contribution in [2.24, 2.45) is 0 Å². The second kappa shape index (κ2) is 6.96. The molecule has 0 bridgehead atoms. The predicted octanol–water partition coefficient (Wildman–Crippen LogP) is 1.97. The van der Waals surface area contributed by atoms with Crippen LogP contribution in [0, 0.1) is 6.92 Å². The second-order valence-electron chi connectivity index (χ2n) is 7.49. The molecule has 27 heavy (non-hydrogen) atoms. The Labute approximate surface area is 158 Å². The maximum absolute atomic E-state index is 12.9. The average Bonchev–Trinajstić information content (AvgIpc) is 3.49. The maximum atomic E-state index is 12.9. The van der Waals surface area contributed by atoms with Crippen molar-refractivity contribution in [2.75, 3.05) is 44.7 Å². The number of nitrogens with zero attached hydrogens (tertiary/aromatic N) is 4. The molecule has 1 aliphatic carbocycles. The fourth-order valence-corrected chi connectivity index (χ4v) is 3.83. The first kappa shape index (κ1) is 18.0. The first-order chi connectivity index (χ1) is 13.0. The third-order valence-electron chi connectivity index (χ3n) is 5.52. The van der Waals surface area contributed by atoms with Gasteiger partial charge in [0.25, 0.3) is 0 Å². The molecule has 2 aromatic heterocycles. The molecule has 1 saturated heterocycles. The van der Waals surface area contributed by atoms with Crippen LogP contribution in [0.2, 0.25) is 0 Å². The molecule has 0 N–H and O–H groups in total. The summed E-state index contributed by atoms with van der Waals surface area (Å²) in [6, 6.07) is 0.336. The minimum atomic E-state index is -0.556. The smallest absolute Gasteiger partial charge is 0.343 e. The number of hydrogen-bond acceptors (Lipinski definition) is 6. The van der Waals surface area contributed by atoms with Gasteiger partial charge >= 0.3 is 5.97 Å². The van der Waals surface area contributed by atoms with Gasteiger partial charge in [-0.2, -0.15) is 0 Å². The topological polar surface area (TPSA) is 67.7 Å². The van der Waals surface area contributed by atoms with Crippen molar-refractivity contribution in [3.63, 3.8) is 0 Å². The van der Waals surface area contributed by atoms with E-state index in [-0.39, 0.29) is 17.6 Å². The van der Waals surface area contributed by atoms with Crippen molar-refractivity contribution < 1.29 is 9.53 Å². The number of pyridine rings is 2. The summed E-state index contributed by atoms with van der Waals surface area (Å²) in [4.78, 5) is 34.4. The van der Waals surface area contributed by atoms with Crippen molar-refractivity contribution in [1.82, 2.24) is 14.5 Å².